The minimum Gasteiger partial charge on any atom is -0.390 e. The first-order chi connectivity index (χ1) is 5.64. The zero-order valence-electron chi connectivity index (χ0n) is 8.21. The first kappa shape index (κ1) is 11.4. The lowest BCUT2D eigenvalue weighted by Gasteiger charge is -2.33. The van der Waals surface area contributed by atoms with Gasteiger partial charge in [-0.05, 0) is 19.8 Å². The standard InChI is InChI=1S/C7H13NO2.C2H6/c1-7(10)2-4-8(6-9)5-3-7;1-2/h6,10H,2-5H2,1H3;1-2H3. The van der Waals surface area contributed by atoms with Gasteiger partial charge in [-0.3, -0.25) is 4.79 Å². The molecule has 0 aromatic heterocycles. The van der Waals surface area contributed by atoms with Crippen LogP contribution >= 0.6 is 0 Å². The van der Waals surface area contributed by atoms with Gasteiger partial charge in [-0.15, -0.1) is 0 Å². The van der Waals surface area contributed by atoms with Crippen molar-refractivity contribution in [2.75, 3.05) is 13.1 Å². The molecule has 1 amide bonds. The minimum atomic E-state index is -0.542. The average molecular weight is 173 g/mol. The number of hydrogen-bond acceptors (Lipinski definition) is 2. The zero-order chi connectivity index (χ0) is 9.61. The lowest BCUT2D eigenvalue weighted by molar-refractivity contribution is -0.121. The summed E-state index contributed by atoms with van der Waals surface area (Å²) in [4.78, 5) is 11.9. The fourth-order valence-corrected chi connectivity index (χ4v) is 1.11. The summed E-state index contributed by atoms with van der Waals surface area (Å²) in [6.07, 6.45) is 2.24. The van der Waals surface area contributed by atoms with Crippen molar-refractivity contribution in [3.63, 3.8) is 0 Å². The lowest BCUT2D eigenvalue weighted by Crippen LogP contribution is -2.41. The van der Waals surface area contributed by atoms with Gasteiger partial charge in [0.1, 0.15) is 0 Å². The summed E-state index contributed by atoms with van der Waals surface area (Å²) >= 11 is 0. The number of hydrogen-bond donors (Lipinski definition) is 1. The maximum absolute atomic E-state index is 10.2. The van der Waals surface area contributed by atoms with E-state index < -0.39 is 5.60 Å². The van der Waals surface area contributed by atoms with Gasteiger partial charge in [0.2, 0.25) is 6.41 Å². The molecule has 1 fully saturated rings. The molecule has 0 aromatic rings. The molecule has 1 saturated heterocycles. The average Bonchev–Trinajstić information content (AvgIpc) is 2.08. The Kier molecular flexibility index (Phi) is 4.90. The molecule has 72 valence electrons. The highest BCUT2D eigenvalue weighted by Gasteiger charge is 2.26. The van der Waals surface area contributed by atoms with Crippen LogP contribution in [0.3, 0.4) is 0 Å². The largest absolute Gasteiger partial charge is 0.390 e. The number of amides is 1. The number of carbonyl (C=O) groups is 1. The maximum atomic E-state index is 10.2. The van der Waals surface area contributed by atoms with E-state index in [1.165, 1.54) is 0 Å². The number of piperidine rings is 1. The first-order valence-corrected chi connectivity index (χ1v) is 4.56. The van der Waals surface area contributed by atoms with Gasteiger partial charge in [-0.25, -0.2) is 0 Å². The van der Waals surface area contributed by atoms with E-state index in [4.69, 9.17) is 0 Å². The molecule has 0 spiro atoms. The first-order valence-electron chi connectivity index (χ1n) is 4.56. The van der Waals surface area contributed by atoms with Crippen molar-refractivity contribution in [1.82, 2.24) is 4.90 Å². The molecule has 0 aliphatic carbocycles. The van der Waals surface area contributed by atoms with Gasteiger partial charge in [0.05, 0.1) is 5.60 Å². The van der Waals surface area contributed by atoms with Gasteiger partial charge < -0.3 is 10.0 Å². The quantitative estimate of drug-likeness (QED) is 0.601. The number of nitrogens with zero attached hydrogens (tertiary/aromatic N) is 1. The molecule has 0 aromatic carbocycles. The van der Waals surface area contributed by atoms with Crippen LogP contribution in [0.15, 0.2) is 0 Å². The normalized spacial score (nSPS) is 20.8. The molecule has 1 aliphatic heterocycles. The number of rotatable bonds is 1. The van der Waals surface area contributed by atoms with Crippen LogP contribution in [-0.2, 0) is 4.79 Å². The highest BCUT2D eigenvalue weighted by molar-refractivity contribution is 5.47. The van der Waals surface area contributed by atoms with Crippen LogP contribution in [0, 0.1) is 0 Å². The smallest absolute Gasteiger partial charge is 0.209 e. The molecule has 3 nitrogen and oxygen atoms in total. The molecular weight excluding hydrogens is 154 g/mol. The van der Waals surface area contributed by atoms with Gasteiger partial charge in [0, 0.05) is 13.1 Å². The van der Waals surface area contributed by atoms with Crippen LogP contribution in [0.5, 0.6) is 0 Å². The molecule has 0 radical (unpaired) electrons. The van der Waals surface area contributed by atoms with E-state index >= 15 is 0 Å². The number of likely N-dealkylation sites (tertiary alicyclic amines) is 1. The number of carbonyl (C=O) groups excluding carboxylic acids is 1. The highest BCUT2D eigenvalue weighted by Crippen LogP contribution is 2.19. The second kappa shape index (κ2) is 5.14. The van der Waals surface area contributed by atoms with Crippen LogP contribution in [0.2, 0.25) is 0 Å². The predicted molar refractivity (Wildman–Crippen MR) is 48.8 cm³/mol. The molecular formula is C9H19NO2. The van der Waals surface area contributed by atoms with Crippen molar-refractivity contribution in [2.24, 2.45) is 0 Å². The Bertz CT molecular complexity index is 124. The maximum Gasteiger partial charge on any atom is 0.209 e. The second-order valence-corrected chi connectivity index (χ2v) is 3.14. The summed E-state index contributed by atoms with van der Waals surface area (Å²) in [7, 11) is 0. The van der Waals surface area contributed by atoms with Crippen LogP contribution in [-0.4, -0.2) is 35.1 Å². The molecule has 0 unspecified atom stereocenters. The van der Waals surface area contributed by atoms with E-state index in [2.05, 4.69) is 0 Å². The van der Waals surface area contributed by atoms with E-state index in [0.29, 0.717) is 25.9 Å². The Hall–Kier alpha value is -0.570. The summed E-state index contributed by atoms with van der Waals surface area (Å²) in [5.74, 6) is 0. The fraction of sp³-hybridized carbons (Fsp3) is 0.889. The van der Waals surface area contributed by atoms with Crippen molar-refractivity contribution in [1.29, 1.82) is 0 Å². The number of aliphatic hydroxyl groups is 1. The molecule has 0 saturated carbocycles. The second-order valence-electron chi connectivity index (χ2n) is 3.14. The van der Waals surface area contributed by atoms with E-state index in [1.807, 2.05) is 20.8 Å². The summed E-state index contributed by atoms with van der Waals surface area (Å²) in [5, 5.41) is 9.45. The summed E-state index contributed by atoms with van der Waals surface area (Å²) in [5.41, 5.74) is -0.542. The molecule has 1 rings (SSSR count). The third-order valence-electron chi connectivity index (χ3n) is 2.02. The lowest BCUT2D eigenvalue weighted by atomic mass is 9.94. The fourth-order valence-electron chi connectivity index (χ4n) is 1.11. The van der Waals surface area contributed by atoms with Crippen molar-refractivity contribution in [3.8, 4) is 0 Å². The SMILES string of the molecule is CC.CC1(O)CCN(C=O)CC1. The summed E-state index contributed by atoms with van der Waals surface area (Å²) in [6.45, 7) is 7.20. The third-order valence-corrected chi connectivity index (χ3v) is 2.02. The Morgan fingerprint density at radius 1 is 1.33 bits per heavy atom. The zero-order valence-corrected chi connectivity index (χ0v) is 8.21. The Morgan fingerprint density at radius 2 is 1.75 bits per heavy atom. The van der Waals surface area contributed by atoms with E-state index in [9.17, 15) is 9.90 Å². The van der Waals surface area contributed by atoms with E-state index in [0.717, 1.165) is 6.41 Å². The van der Waals surface area contributed by atoms with Gasteiger partial charge in [-0.2, -0.15) is 0 Å². The monoisotopic (exact) mass is 173 g/mol. The summed E-state index contributed by atoms with van der Waals surface area (Å²) in [6, 6.07) is 0. The van der Waals surface area contributed by atoms with Gasteiger partial charge in [0.25, 0.3) is 0 Å². The molecule has 12 heavy (non-hydrogen) atoms. The van der Waals surface area contributed by atoms with Crippen molar-refractivity contribution in [2.45, 2.75) is 39.2 Å². The topological polar surface area (TPSA) is 40.5 Å². The van der Waals surface area contributed by atoms with Crippen molar-refractivity contribution >= 4 is 6.41 Å². The predicted octanol–water partition coefficient (Wildman–Crippen LogP) is 1.02. The Labute approximate surface area is 74.4 Å². The van der Waals surface area contributed by atoms with Gasteiger partial charge in [0.15, 0.2) is 0 Å². The molecule has 3 heteroatoms. The van der Waals surface area contributed by atoms with Crippen LogP contribution < -0.4 is 0 Å². The van der Waals surface area contributed by atoms with Crippen molar-refractivity contribution in [3.05, 3.63) is 0 Å². The van der Waals surface area contributed by atoms with Crippen molar-refractivity contribution < 1.29 is 9.90 Å². The van der Waals surface area contributed by atoms with Gasteiger partial charge >= 0.3 is 0 Å². The van der Waals surface area contributed by atoms with E-state index in [1.54, 1.807) is 4.90 Å². The van der Waals surface area contributed by atoms with E-state index in [-0.39, 0.29) is 0 Å². The minimum absolute atomic E-state index is 0.542. The van der Waals surface area contributed by atoms with Crippen LogP contribution in [0.1, 0.15) is 33.6 Å². The Morgan fingerprint density at radius 3 is 2.08 bits per heavy atom. The summed E-state index contributed by atoms with van der Waals surface area (Å²) < 4.78 is 0. The molecule has 0 bridgehead atoms. The molecule has 1 heterocycles. The highest BCUT2D eigenvalue weighted by atomic mass is 16.3. The third kappa shape index (κ3) is 3.72. The van der Waals surface area contributed by atoms with Crippen LogP contribution in [0.4, 0.5) is 0 Å². The van der Waals surface area contributed by atoms with Gasteiger partial charge in [-0.1, -0.05) is 13.8 Å². The van der Waals surface area contributed by atoms with Crippen LogP contribution in [0.25, 0.3) is 0 Å². The molecule has 1 N–H and O–H groups in total. The molecule has 1 aliphatic rings. The Balaban J connectivity index is 0.000000561. The molecule has 0 atom stereocenters.